The molecule has 0 N–H and O–H groups in total. The molecule has 1 aromatic heterocycles. The largest absolute Gasteiger partial charge is 0.868 e. The highest BCUT2D eigenvalue weighted by Crippen LogP contribution is 2.34. The van der Waals surface area contributed by atoms with Gasteiger partial charge in [0.15, 0.2) is 18.5 Å². The third-order valence-corrected chi connectivity index (χ3v) is 4.01. The van der Waals surface area contributed by atoms with Crippen LogP contribution in [0.3, 0.4) is 0 Å². The number of ether oxygens (including phenoxy) is 5. The van der Waals surface area contributed by atoms with Crippen LogP contribution in [0.4, 0.5) is 0 Å². The summed E-state index contributed by atoms with van der Waals surface area (Å²) < 4.78 is 36.5. The second-order valence-corrected chi connectivity index (χ2v) is 10.4. The first-order chi connectivity index (χ1) is 17.6. The molecule has 0 radical (unpaired) electrons. The smallest absolute Gasteiger partial charge is 0.211 e. The number of aryl methyl sites for hydroxylation is 1. The number of aromatic nitrogens is 1. The van der Waals surface area contributed by atoms with Gasteiger partial charge in [0.25, 0.3) is 0 Å². The maximum absolute atomic E-state index is 11.2. The van der Waals surface area contributed by atoms with Gasteiger partial charge in [0, 0.05) is 48.1 Å². The van der Waals surface area contributed by atoms with E-state index < -0.39 is 7.14 Å². The molecule has 0 aromatic carbocycles. The second kappa shape index (κ2) is 44.8. The molecule has 228 valence electrons. The summed E-state index contributed by atoms with van der Waals surface area (Å²) in [6, 6.07) is 1.47. The fourth-order valence-corrected chi connectivity index (χ4v) is 2.55. The molecule has 0 bridgehead atoms. The molecule has 1 heterocycles. The average Bonchev–Trinajstić information content (AvgIpc) is 2.89. The number of rotatable bonds is 11. The van der Waals surface area contributed by atoms with E-state index in [2.05, 4.69) is 18.6 Å². The Morgan fingerprint density at radius 1 is 0.757 bits per heavy atom. The summed E-state index contributed by atoms with van der Waals surface area (Å²) in [6.45, 7) is 22.8. The van der Waals surface area contributed by atoms with Gasteiger partial charge < -0.3 is 33.4 Å². The molecule has 0 unspecified atom stereocenters. The van der Waals surface area contributed by atoms with E-state index in [1.807, 2.05) is 46.1 Å². The highest BCUT2D eigenvalue weighted by Gasteiger charge is 2.03. The predicted molar refractivity (Wildman–Crippen MR) is 159 cm³/mol. The summed E-state index contributed by atoms with van der Waals surface area (Å²) in [5, 5.41) is 11.2. The Kier molecular flexibility index (Phi) is 59.1. The number of hydrogen-bond donors (Lipinski definition) is 0. The third-order valence-electron chi connectivity index (χ3n) is 3.13. The maximum Gasteiger partial charge on any atom is 0.211 e. The Morgan fingerprint density at radius 2 is 1.19 bits per heavy atom. The average molecular weight is 558 g/mol. The van der Waals surface area contributed by atoms with Crippen LogP contribution in [0, 0.1) is 0 Å². The van der Waals surface area contributed by atoms with Gasteiger partial charge in [-0.1, -0.05) is 55.4 Å². The zero-order valence-corrected chi connectivity index (χ0v) is 28.0. The van der Waals surface area contributed by atoms with Gasteiger partial charge in [-0.25, -0.2) is 4.57 Å². The quantitative estimate of drug-likeness (QED) is 0.175. The van der Waals surface area contributed by atoms with Crippen LogP contribution in [-0.2, 0) is 30.1 Å². The van der Waals surface area contributed by atoms with Gasteiger partial charge in [0.1, 0.15) is 7.14 Å². The Bertz CT molecular complexity index is 531. The van der Waals surface area contributed by atoms with Gasteiger partial charge in [0.2, 0.25) is 6.20 Å². The molecule has 1 rings (SSSR count). The maximum atomic E-state index is 11.2. The van der Waals surface area contributed by atoms with E-state index in [1.54, 1.807) is 61.3 Å². The van der Waals surface area contributed by atoms with Crippen LogP contribution >= 0.6 is 7.14 Å². The van der Waals surface area contributed by atoms with Crippen LogP contribution in [0.1, 0.15) is 74.7 Å². The molecular weight excluding hydrogens is 493 g/mol. The van der Waals surface area contributed by atoms with E-state index in [9.17, 15) is 9.67 Å². The summed E-state index contributed by atoms with van der Waals surface area (Å²) in [5.74, 6) is 0.552. The molecular formula is C28H64NO7P. The van der Waals surface area contributed by atoms with E-state index in [0.29, 0.717) is 18.7 Å². The summed E-state index contributed by atoms with van der Waals surface area (Å²) >= 11 is 0. The van der Waals surface area contributed by atoms with Crippen molar-refractivity contribution in [1.29, 1.82) is 0 Å². The molecule has 8 nitrogen and oxygen atoms in total. The van der Waals surface area contributed by atoms with Crippen molar-refractivity contribution in [3.8, 4) is 11.5 Å². The Morgan fingerprint density at radius 3 is 1.43 bits per heavy atom. The van der Waals surface area contributed by atoms with Gasteiger partial charge in [-0.2, -0.15) is 0 Å². The van der Waals surface area contributed by atoms with Crippen molar-refractivity contribution in [2.45, 2.75) is 81.2 Å². The molecule has 0 atom stereocenters. The van der Waals surface area contributed by atoms with Crippen LogP contribution in [-0.4, -0.2) is 75.0 Å². The summed E-state index contributed by atoms with van der Waals surface area (Å²) in [7, 11) is 6.30. The molecule has 9 heteroatoms. The predicted octanol–water partition coefficient (Wildman–Crippen LogP) is 6.47. The molecule has 0 saturated carbocycles. The van der Waals surface area contributed by atoms with Crippen LogP contribution in [0.25, 0.3) is 0 Å². The van der Waals surface area contributed by atoms with E-state index in [1.165, 1.54) is 6.07 Å². The number of hydrogen-bond acceptors (Lipinski definition) is 7. The highest BCUT2D eigenvalue weighted by molar-refractivity contribution is 7.62. The minimum Gasteiger partial charge on any atom is -0.868 e. The first-order valence-electron chi connectivity index (χ1n) is 13.4. The van der Waals surface area contributed by atoms with Gasteiger partial charge >= 0.3 is 0 Å². The van der Waals surface area contributed by atoms with Crippen LogP contribution < -0.4 is 14.4 Å². The van der Waals surface area contributed by atoms with E-state index >= 15 is 0 Å². The fourth-order valence-electron chi connectivity index (χ4n) is 1.93. The van der Waals surface area contributed by atoms with Crippen molar-refractivity contribution in [3.63, 3.8) is 0 Å². The fraction of sp³-hybridized carbons (Fsp3) is 0.821. The van der Waals surface area contributed by atoms with Crippen LogP contribution in [0.2, 0.25) is 0 Å². The standard InChI is InChI=1S/C10H15NO3.C4H11O2P.2C4H10O.3C2H6/c1-13-5-3-4-11-7-9(12)6-10(8-11)14-2;1-6-4-7(2,3)5;2*1-3-4-5-2;3*1-2/h6-8H,3-5H2,1-2H3;4H2,1-3H3;2*3-4H2,1-2H3;3*1-2H3. The Balaban J connectivity index is -0.0000000887. The number of methoxy groups -OCH3 is 5. The van der Waals surface area contributed by atoms with Gasteiger partial charge in [0.05, 0.1) is 20.1 Å². The van der Waals surface area contributed by atoms with Crippen molar-refractivity contribution in [3.05, 3.63) is 18.5 Å². The van der Waals surface area contributed by atoms with Crippen molar-refractivity contribution in [1.82, 2.24) is 0 Å². The lowest BCUT2D eigenvalue weighted by atomic mass is 10.4. The SMILES string of the molecule is CC.CC.CC.CCCOC.CCCOC.COCCC[n+]1cc([O-])cc(OC)c1.COCP(C)(C)=O. The lowest BCUT2D eigenvalue weighted by molar-refractivity contribution is -0.700. The topological polar surface area (TPSA) is 90.2 Å². The minimum atomic E-state index is -1.89. The highest BCUT2D eigenvalue weighted by atomic mass is 31.2. The normalized spacial score (nSPS) is 8.84. The van der Waals surface area contributed by atoms with Crippen molar-refractivity contribution < 1.29 is 37.9 Å². The van der Waals surface area contributed by atoms with Crippen molar-refractivity contribution in [2.75, 3.05) is 75.0 Å². The lowest BCUT2D eigenvalue weighted by Gasteiger charge is -2.06. The number of nitrogens with zero attached hydrogens (tertiary/aromatic N) is 1. The Labute approximate surface area is 231 Å². The molecule has 0 aliphatic heterocycles. The zero-order chi connectivity index (χ0) is 30.5. The van der Waals surface area contributed by atoms with Crippen molar-refractivity contribution >= 4 is 7.14 Å². The summed E-state index contributed by atoms with van der Waals surface area (Å²) in [5.41, 5.74) is 0. The minimum absolute atomic E-state index is 0.0400. The third kappa shape index (κ3) is 56.3. The summed E-state index contributed by atoms with van der Waals surface area (Å²) in [6.07, 6.45) is 6.88. The second-order valence-electron chi connectivity index (χ2n) is 6.97. The first kappa shape index (κ1) is 48.8. The van der Waals surface area contributed by atoms with Crippen LogP contribution in [0.5, 0.6) is 11.5 Å². The molecule has 0 aliphatic carbocycles. The molecule has 0 fully saturated rings. The van der Waals surface area contributed by atoms with E-state index in [-0.39, 0.29) is 5.75 Å². The van der Waals surface area contributed by atoms with Gasteiger partial charge in [-0.05, 0) is 38.0 Å². The lowest BCUT2D eigenvalue weighted by Crippen LogP contribution is -2.34. The molecule has 0 aliphatic rings. The zero-order valence-electron chi connectivity index (χ0n) is 27.1. The van der Waals surface area contributed by atoms with Gasteiger partial charge in [-0.3, -0.25) is 0 Å². The molecule has 1 aromatic rings. The first-order valence-corrected chi connectivity index (χ1v) is 16.2. The molecule has 0 saturated heterocycles. The Hall–Kier alpha value is -1.18. The van der Waals surface area contributed by atoms with E-state index in [4.69, 9.17) is 18.9 Å². The van der Waals surface area contributed by atoms with Crippen LogP contribution in [0.15, 0.2) is 18.5 Å². The summed E-state index contributed by atoms with van der Waals surface area (Å²) in [4.78, 5) is 0. The number of pyridine rings is 1. The van der Waals surface area contributed by atoms with E-state index in [0.717, 1.165) is 39.0 Å². The van der Waals surface area contributed by atoms with Crippen molar-refractivity contribution in [2.24, 2.45) is 0 Å². The molecule has 0 amide bonds. The molecule has 0 spiro atoms. The monoisotopic (exact) mass is 557 g/mol. The molecule has 37 heavy (non-hydrogen) atoms. The van der Waals surface area contributed by atoms with Gasteiger partial charge in [-0.15, -0.1) is 0 Å².